The van der Waals surface area contributed by atoms with Gasteiger partial charge in [0.05, 0.1) is 0 Å². The number of benzene rings is 4. The highest BCUT2D eigenvalue weighted by Crippen LogP contribution is 2.50. The molecule has 0 atom stereocenters. The van der Waals surface area contributed by atoms with Crippen LogP contribution in [-0.4, -0.2) is 0 Å². The van der Waals surface area contributed by atoms with Gasteiger partial charge in [0.1, 0.15) is 0 Å². The van der Waals surface area contributed by atoms with Crippen LogP contribution in [0.5, 0.6) is 0 Å². The van der Waals surface area contributed by atoms with E-state index in [1.54, 1.807) is 0 Å². The van der Waals surface area contributed by atoms with E-state index >= 15 is 0 Å². The minimum atomic E-state index is 0.0396. The lowest BCUT2D eigenvalue weighted by Crippen LogP contribution is -2.35. The summed E-state index contributed by atoms with van der Waals surface area (Å²) in [7, 11) is 0. The summed E-state index contributed by atoms with van der Waals surface area (Å²) in [5, 5.41) is 7.40. The van der Waals surface area contributed by atoms with Crippen LogP contribution in [0.15, 0.2) is 72.8 Å². The van der Waals surface area contributed by atoms with Crippen LogP contribution in [-0.2, 0) is 5.41 Å². The molecular formula is C38H46N2. The van der Waals surface area contributed by atoms with Crippen LogP contribution in [0.3, 0.4) is 0 Å². The Kier molecular flexibility index (Phi) is 7.57. The molecule has 1 saturated carbocycles. The molecule has 0 bridgehead atoms. The van der Waals surface area contributed by atoms with Crippen LogP contribution in [0.25, 0.3) is 0 Å². The Balaban J connectivity index is 1.44. The second-order valence-electron chi connectivity index (χ2n) is 13.2. The molecule has 4 aromatic carbocycles. The van der Waals surface area contributed by atoms with Gasteiger partial charge < -0.3 is 10.6 Å². The Morgan fingerprint density at radius 3 is 1.12 bits per heavy atom. The standard InChI is InChI=1S/C38H46N2/c1-25-21-27(3)35(28(4)22-25)39-33-13-9-31(10-14-33)38(19-17-37(7,8)18-20-38)32-11-15-34(16-12-32)40-36-29(5)23-26(2)24-30(36)6/h9-16,21-24,39-40H,17-20H2,1-8H3. The summed E-state index contributed by atoms with van der Waals surface area (Å²) in [5.41, 5.74) is 15.8. The third-order valence-corrected chi connectivity index (χ3v) is 9.22. The van der Waals surface area contributed by atoms with Crippen molar-refractivity contribution in [1.82, 2.24) is 0 Å². The van der Waals surface area contributed by atoms with Gasteiger partial charge in [0.15, 0.2) is 0 Å². The van der Waals surface area contributed by atoms with Gasteiger partial charge in [-0.3, -0.25) is 0 Å². The second kappa shape index (κ2) is 10.8. The van der Waals surface area contributed by atoms with Crippen LogP contribution < -0.4 is 10.6 Å². The molecular weight excluding hydrogens is 484 g/mol. The van der Waals surface area contributed by atoms with Crippen molar-refractivity contribution in [3.63, 3.8) is 0 Å². The summed E-state index contributed by atoms with van der Waals surface area (Å²) in [6, 6.07) is 27.6. The number of anilines is 4. The Hall–Kier alpha value is -3.52. The molecule has 2 nitrogen and oxygen atoms in total. The highest BCUT2D eigenvalue weighted by molar-refractivity contribution is 5.69. The molecule has 0 spiro atoms. The lowest BCUT2D eigenvalue weighted by molar-refractivity contribution is 0.185. The maximum atomic E-state index is 3.70. The van der Waals surface area contributed by atoms with Crippen LogP contribution in [0.4, 0.5) is 22.7 Å². The van der Waals surface area contributed by atoms with Gasteiger partial charge in [0.25, 0.3) is 0 Å². The van der Waals surface area contributed by atoms with Crippen molar-refractivity contribution in [2.45, 2.75) is 86.5 Å². The Morgan fingerprint density at radius 1 is 0.475 bits per heavy atom. The lowest BCUT2D eigenvalue weighted by Gasteiger charge is -2.44. The summed E-state index contributed by atoms with van der Waals surface area (Å²) >= 11 is 0. The fraction of sp³-hybridized carbons (Fsp3) is 0.368. The van der Waals surface area contributed by atoms with Gasteiger partial charge in [-0.2, -0.15) is 0 Å². The molecule has 1 fully saturated rings. The van der Waals surface area contributed by atoms with Gasteiger partial charge in [-0.05, 0) is 130 Å². The maximum absolute atomic E-state index is 3.70. The highest BCUT2D eigenvalue weighted by Gasteiger charge is 2.40. The van der Waals surface area contributed by atoms with Gasteiger partial charge >= 0.3 is 0 Å². The van der Waals surface area contributed by atoms with Crippen LogP contribution in [0.1, 0.15) is 84.0 Å². The quantitative estimate of drug-likeness (QED) is 0.259. The molecule has 0 unspecified atom stereocenters. The predicted molar refractivity (Wildman–Crippen MR) is 174 cm³/mol. The Morgan fingerprint density at radius 2 is 0.800 bits per heavy atom. The lowest BCUT2D eigenvalue weighted by atomic mass is 9.59. The molecule has 0 aromatic heterocycles. The van der Waals surface area contributed by atoms with Crippen LogP contribution in [0, 0.1) is 47.0 Å². The van der Waals surface area contributed by atoms with Crippen molar-refractivity contribution in [3.8, 4) is 0 Å². The number of rotatable bonds is 6. The Bertz CT molecular complexity index is 1350. The first-order valence-electron chi connectivity index (χ1n) is 14.9. The van der Waals surface area contributed by atoms with Crippen molar-refractivity contribution in [1.29, 1.82) is 0 Å². The van der Waals surface area contributed by atoms with E-state index < -0.39 is 0 Å². The zero-order chi connectivity index (χ0) is 28.7. The fourth-order valence-corrected chi connectivity index (χ4v) is 6.89. The zero-order valence-corrected chi connectivity index (χ0v) is 25.8. The normalized spacial score (nSPS) is 16.0. The number of nitrogens with one attached hydrogen (secondary N) is 2. The summed E-state index contributed by atoms with van der Waals surface area (Å²) in [6.45, 7) is 17.9. The van der Waals surface area contributed by atoms with E-state index in [1.807, 2.05) is 0 Å². The van der Waals surface area contributed by atoms with E-state index in [9.17, 15) is 0 Å². The average Bonchev–Trinajstić information content (AvgIpc) is 2.89. The second-order valence-corrected chi connectivity index (χ2v) is 13.2. The monoisotopic (exact) mass is 530 g/mol. The molecule has 2 N–H and O–H groups in total. The summed E-state index contributed by atoms with van der Waals surface area (Å²) in [6.07, 6.45) is 4.81. The number of hydrogen-bond acceptors (Lipinski definition) is 2. The van der Waals surface area contributed by atoms with E-state index in [4.69, 9.17) is 0 Å². The minimum Gasteiger partial charge on any atom is -0.355 e. The largest absolute Gasteiger partial charge is 0.355 e. The van der Waals surface area contributed by atoms with Crippen molar-refractivity contribution in [2.24, 2.45) is 5.41 Å². The molecule has 5 rings (SSSR count). The third-order valence-electron chi connectivity index (χ3n) is 9.22. The van der Waals surface area contributed by atoms with E-state index in [2.05, 4.69) is 139 Å². The van der Waals surface area contributed by atoms with Crippen LogP contribution >= 0.6 is 0 Å². The molecule has 1 aliphatic rings. The van der Waals surface area contributed by atoms with Crippen molar-refractivity contribution in [3.05, 3.63) is 117 Å². The average molecular weight is 531 g/mol. The topological polar surface area (TPSA) is 24.1 Å². The van der Waals surface area contributed by atoms with Crippen LogP contribution in [0.2, 0.25) is 0 Å². The van der Waals surface area contributed by atoms with Crippen molar-refractivity contribution >= 4 is 22.7 Å². The molecule has 0 amide bonds. The smallest absolute Gasteiger partial charge is 0.0443 e. The van der Waals surface area contributed by atoms with Gasteiger partial charge in [-0.25, -0.2) is 0 Å². The molecule has 0 saturated heterocycles. The molecule has 0 heterocycles. The van der Waals surface area contributed by atoms with E-state index in [-0.39, 0.29) is 5.41 Å². The molecule has 0 radical (unpaired) electrons. The summed E-state index contributed by atoms with van der Waals surface area (Å²) in [5.74, 6) is 0. The highest BCUT2D eigenvalue weighted by atomic mass is 14.9. The van der Waals surface area contributed by atoms with Gasteiger partial charge in [0, 0.05) is 28.2 Å². The number of aryl methyl sites for hydroxylation is 6. The maximum Gasteiger partial charge on any atom is 0.0443 e. The van der Waals surface area contributed by atoms with Gasteiger partial charge in [-0.1, -0.05) is 73.5 Å². The first kappa shape index (κ1) is 28.0. The first-order chi connectivity index (χ1) is 19.0. The molecule has 0 aliphatic heterocycles. The van der Waals surface area contributed by atoms with Crippen molar-refractivity contribution in [2.75, 3.05) is 10.6 Å². The molecule has 1 aliphatic carbocycles. The van der Waals surface area contributed by atoms with E-state index in [1.165, 1.54) is 81.6 Å². The van der Waals surface area contributed by atoms with Crippen molar-refractivity contribution < 1.29 is 0 Å². The zero-order valence-electron chi connectivity index (χ0n) is 25.8. The molecule has 2 heteroatoms. The SMILES string of the molecule is Cc1cc(C)c(Nc2ccc(C3(c4ccc(Nc5c(C)cc(C)cc5C)cc4)CCC(C)(C)CC3)cc2)c(C)c1. The molecule has 4 aromatic rings. The van der Waals surface area contributed by atoms with Gasteiger partial charge in [0.2, 0.25) is 0 Å². The first-order valence-corrected chi connectivity index (χ1v) is 14.9. The van der Waals surface area contributed by atoms with Gasteiger partial charge in [-0.15, -0.1) is 0 Å². The summed E-state index contributed by atoms with van der Waals surface area (Å²) in [4.78, 5) is 0. The van der Waals surface area contributed by atoms with E-state index in [0.29, 0.717) is 5.41 Å². The molecule has 40 heavy (non-hydrogen) atoms. The molecule has 208 valence electrons. The number of hydrogen-bond donors (Lipinski definition) is 2. The van der Waals surface area contributed by atoms with E-state index in [0.717, 1.165) is 11.4 Å². The summed E-state index contributed by atoms with van der Waals surface area (Å²) < 4.78 is 0. The Labute approximate surface area is 242 Å². The fourth-order valence-electron chi connectivity index (χ4n) is 6.89. The minimum absolute atomic E-state index is 0.0396. The predicted octanol–water partition coefficient (Wildman–Crippen LogP) is 10.9. The third kappa shape index (κ3) is 5.68.